The molecular formula is C17H21N. The molecule has 0 N–H and O–H groups in total. The van der Waals surface area contributed by atoms with Crippen LogP contribution >= 0.6 is 0 Å². The average molecular weight is 239 g/mol. The molecule has 0 bridgehead atoms. The highest BCUT2D eigenvalue weighted by Crippen LogP contribution is 2.28. The van der Waals surface area contributed by atoms with Crippen molar-refractivity contribution >= 4 is 5.69 Å². The van der Waals surface area contributed by atoms with Gasteiger partial charge < -0.3 is 4.90 Å². The van der Waals surface area contributed by atoms with Crippen molar-refractivity contribution in [1.29, 1.82) is 0 Å². The van der Waals surface area contributed by atoms with Crippen LogP contribution in [0.1, 0.15) is 18.1 Å². The summed E-state index contributed by atoms with van der Waals surface area (Å²) in [7, 11) is 4.14. The molecule has 0 saturated heterocycles. The van der Waals surface area contributed by atoms with Crippen LogP contribution in [0.3, 0.4) is 0 Å². The van der Waals surface area contributed by atoms with Crippen molar-refractivity contribution in [2.75, 3.05) is 19.0 Å². The third kappa shape index (κ3) is 2.40. The number of hydrogen-bond donors (Lipinski definition) is 0. The fraction of sp³-hybridized carbons (Fsp3) is 0.294. The lowest BCUT2D eigenvalue weighted by atomic mass is 9.94. The largest absolute Gasteiger partial charge is 0.378 e. The Bertz CT molecular complexity index is 524. The van der Waals surface area contributed by atoms with Gasteiger partial charge in [-0.2, -0.15) is 0 Å². The summed E-state index contributed by atoms with van der Waals surface area (Å²) in [6.45, 7) is 4.41. The quantitative estimate of drug-likeness (QED) is 0.772. The van der Waals surface area contributed by atoms with Crippen LogP contribution < -0.4 is 4.90 Å². The van der Waals surface area contributed by atoms with Gasteiger partial charge in [0.15, 0.2) is 0 Å². The molecule has 0 heterocycles. The molecule has 0 aliphatic heterocycles. The van der Waals surface area contributed by atoms with E-state index in [9.17, 15) is 0 Å². The van der Waals surface area contributed by atoms with Crippen LogP contribution in [0.4, 0.5) is 5.69 Å². The first-order valence-electron chi connectivity index (χ1n) is 6.49. The predicted octanol–water partition coefficient (Wildman–Crippen LogP) is 4.29. The normalized spacial score (nSPS) is 10.4. The molecule has 2 rings (SSSR count). The Labute approximate surface area is 110 Å². The fourth-order valence-corrected chi connectivity index (χ4v) is 2.38. The van der Waals surface area contributed by atoms with Crippen LogP contribution in [0.25, 0.3) is 11.1 Å². The molecule has 0 amide bonds. The minimum Gasteiger partial charge on any atom is -0.378 e. The van der Waals surface area contributed by atoms with Crippen molar-refractivity contribution < 1.29 is 0 Å². The second-order valence-electron chi connectivity index (χ2n) is 4.90. The Balaban J connectivity index is 2.46. The van der Waals surface area contributed by atoms with Gasteiger partial charge in [-0.15, -0.1) is 0 Å². The van der Waals surface area contributed by atoms with E-state index in [0.717, 1.165) is 6.42 Å². The van der Waals surface area contributed by atoms with Crippen LogP contribution in [0, 0.1) is 6.92 Å². The fourth-order valence-electron chi connectivity index (χ4n) is 2.38. The summed E-state index contributed by atoms with van der Waals surface area (Å²) in [5.41, 5.74) is 6.75. The summed E-state index contributed by atoms with van der Waals surface area (Å²) in [4.78, 5) is 2.13. The van der Waals surface area contributed by atoms with Gasteiger partial charge in [0.2, 0.25) is 0 Å². The topological polar surface area (TPSA) is 3.24 Å². The Hall–Kier alpha value is -1.76. The molecule has 0 unspecified atom stereocenters. The van der Waals surface area contributed by atoms with Crippen LogP contribution in [-0.2, 0) is 6.42 Å². The molecule has 0 radical (unpaired) electrons. The van der Waals surface area contributed by atoms with Gasteiger partial charge in [0.1, 0.15) is 0 Å². The molecule has 0 atom stereocenters. The maximum Gasteiger partial charge on any atom is 0.0361 e. The highest BCUT2D eigenvalue weighted by atomic mass is 15.1. The second-order valence-corrected chi connectivity index (χ2v) is 4.90. The van der Waals surface area contributed by atoms with E-state index >= 15 is 0 Å². The molecule has 0 aliphatic rings. The minimum absolute atomic E-state index is 1.08. The summed E-state index contributed by atoms with van der Waals surface area (Å²) in [6.07, 6.45) is 1.08. The van der Waals surface area contributed by atoms with Crippen LogP contribution in [-0.4, -0.2) is 14.1 Å². The first-order chi connectivity index (χ1) is 8.63. The maximum atomic E-state index is 2.22. The first-order valence-corrected chi connectivity index (χ1v) is 6.49. The monoisotopic (exact) mass is 239 g/mol. The van der Waals surface area contributed by atoms with Crippen molar-refractivity contribution in [2.45, 2.75) is 20.3 Å². The van der Waals surface area contributed by atoms with E-state index in [2.05, 4.69) is 75.3 Å². The van der Waals surface area contributed by atoms with Gasteiger partial charge in [-0.3, -0.25) is 0 Å². The summed E-state index contributed by atoms with van der Waals surface area (Å²) in [5, 5.41) is 0. The van der Waals surface area contributed by atoms with E-state index in [1.807, 2.05) is 0 Å². The molecule has 1 nitrogen and oxygen atoms in total. The van der Waals surface area contributed by atoms with Gasteiger partial charge >= 0.3 is 0 Å². The summed E-state index contributed by atoms with van der Waals surface area (Å²) >= 11 is 0. The minimum atomic E-state index is 1.08. The number of nitrogens with zero attached hydrogens (tertiary/aromatic N) is 1. The molecule has 1 heteroatoms. The Morgan fingerprint density at radius 3 is 2.17 bits per heavy atom. The third-order valence-electron chi connectivity index (χ3n) is 3.46. The summed E-state index contributed by atoms with van der Waals surface area (Å²) in [5.74, 6) is 0. The molecule has 18 heavy (non-hydrogen) atoms. The lowest BCUT2D eigenvalue weighted by molar-refractivity contribution is 1.11. The number of aryl methyl sites for hydroxylation is 1. The van der Waals surface area contributed by atoms with Crippen molar-refractivity contribution in [3.8, 4) is 11.1 Å². The zero-order chi connectivity index (χ0) is 13.1. The number of benzene rings is 2. The predicted molar refractivity (Wildman–Crippen MR) is 80.3 cm³/mol. The van der Waals surface area contributed by atoms with E-state index in [-0.39, 0.29) is 0 Å². The van der Waals surface area contributed by atoms with Crippen molar-refractivity contribution in [1.82, 2.24) is 0 Å². The lowest BCUT2D eigenvalue weighted by Crippen LogP contribution is -2.07. The Morgan fingerprint density at radius 1 is 0.944 bits per heavy atom. The van der Waals surface area contributed by atoms with E-state index < -0.39 is 0 Å². The average Bonchev–Trinajstić information content (AvgIpc) is 2.38. The van der Waals surface area contributed by atoms with Gasteiger partial charge in [-0.05, 0) is 47.7 Å². The maximum absolute atomic E-state index is 2.22. The Kier molecular flexibility index (Phi) is 3.71. The van der Waals surface area contributed by atoms with Gasteiger partial charge in [-0.25, -0.2) is 0 Å². The van der Waals surface area contributed by atoms with Crippen LogP contribution in [0.2, 0.25) is 0 Å². The molecule has 0 aliphatic carbocycles. The van der Waals surface area contributed by atoms with E-state index in [4.69, 9.17) is 0 Å². The zero-order valence-electron chi connectivity index (χ0n) is 11.7. The molecule has 0 aromatic heterocycles. The zero-order valence-corrected chi connectivity index (χ0v) is 11.7. The molecule has 2 aromatic rings. The highest BCUT2D eigenvalue weighted by Gasteiger charge is 2.06. The summed E-state index contributed by atoms with van der Waals surface area (Å²) in [6, 6.07) is 15.3. The van der Waals surface area contributed by atoms with Gasteiger partial charge in [0.25, 0.3) is 0 Å². The number of rotatable bonds is 3. The van der Waals surface area contributed by atoms with E-state index in [0.29, 0.717) is 0 Å². The number of anilines is 1. The molecule has 0 fully saturated rings. The Morgan fingerprint density at radius 2 is 1.61 bits per heavy atom. The molecule has 0 spiro atoms. The first kappa shape index (κ1) is 12.7. The van der Waals surface area contributed by atoms with Gasteiger partial charge in [-0.1, -0.05) is 37.3 Å². The highest BCUT2D eigenvalue weighted by molar-refractivity contribution is 5.70. The molecule has 2 aromatic carbocycles. The lowest BCUT2D eigenvalue weighted by Gasteiger charge is -2.15. The van der Waals surface area contributed by atoms with Crippen molar-refractivity contribution in [2.24, 2.45) is 0 Å². The standard InChI is InChI=1S/C17H21N/c1-5-16-13(2)7-6-8-17(16)14-9-11-15(12-10-14)18(3)4/h6-12H,5H2,1-4H3. The molecule has 94 valence electrons. The van der Waals surface area contributed by atoms with Gasteiger partial charge in [0.05, 0.1) is 0 Å². The van der Waals surface area contributed by atoms with E-state index in [1.165, 1.54) is 27.9 Å². The number of hydrogen-bond acceptors (Lipinski definition) is 1. The van der Waals surface area contributed by atoms with Crippen molar-refractivity contribution in [3.63, 3.8) is 0 Å². The molecule has 0 saturated carbocycles. The van der Waals surface area contributed by atoms with E-state index in [1.54, 1.807) is 0 Å². The molecular weight excluding hydrogens is 218 g/mol. The van der Waals surface area contributed by atoms with Crippen molar-refractivity contribution in [3.05, 3.63) is 53.6 Å². The van der Waals surface area contributed by atoms with Crippen LogP contribution in [0.5, 0.6) is 0 Å². The SMILES string of the molecule is CCc1c(C)cccc1-c1ccc(N(C)C)cc1. The van der Waals surface area contributed by atoms with Crippen LogP contribution in [0.15, 0.2) is 42.5 Å². The summed E-state index contributed by atoms with van der Waals surface area (Å²) < 4.78 is 0. The van der Waals surface area contributed by atoms with Gasteiger partial charge in [0, 0.05) is 19.8 Å². The smallest absolute Gasteiger partial charge is 0.0361 e. The second kappa shape index (κ2) is 5.26. The third-order valence-corrected chi connectivity index (χ3v) is 3.46.